The summed E-state index contributed by atoms with van der Waals surface area (Å²) in [6.07, 6.45) is 8.98. The number of ether oxygens (including phenoxy) is 2. The van der Waals surface area contributed by atoms with Crippen molar-refractivity contribution < 1.29 is 44.8 Å². The first-order valence-electron chi connectivity index (χ1n) is 24.1. The average molecular weight is 953 g/mol. The monoisotopic (exact) mass is 952 g/mol. The lowest BCUT2D eigenvalue weighted by Crippen LogP contribution is -2.68. The molecule has 0 spiro atoms. The van der Waals surface area contributed by atoms with Crippen molar-refractivity contribution in [2.24, 2.45) is 23.7 Å². The molecule has 0 aliphatic carbocycles. The molecule has 12 heteroatoms. The zero-order chi connectivity index (χ0) is 48.6. The Bertz CT molecular complexity index is 2890. The molecule has 6 fully saturated rings. The standard InChI is InChI=1S/C58H54F6N4O2/c1-3-29-69-57(45-21-25-65-49-15-9-7-13-43(45)49)51-31-37-23-27-67(51,35-41-17-19-47(59)55(63)53(41)61)33-39(37)11-5-6-12-40-34-68(36-42-18-20-48(60)56(64)54(42)62)28-24-38(40)32-52(68)58(70-30-4-2)46-22-26-66-50-16-10-8-14-44(46)50/h3-4,7-10,13-22,25-26,37-40,51-52,57-58H,1-2,23-24,27-36H2/q+2/t37-,38-,39-,40-,51-,52-,57+,58+,67-,68-/m0/s1. The minimum Gasteiger partial charge on any atom is -0.363 e. The fourth-order valence-electron chi connectivity index (χ4n) is 12.6. The Morgan fingerprint density at radius 3 is 1.43 bits per heavy atom. The number of quaternary nitrogens is 2. The molecule has 0 N–H and O–H groups in total. The third-order valence-electron chi connectivity index (χ3n) is 15.9. The van der Waals surface area contributed by atoms with Crippen molar-refractivity contribution in [3.8, 4) is 23.7 Å². The van der Waals surface area contributed by atoms with Crippen LogP contribution in [0.5, 0.6) is 0 Å². The number of para-hydroxylation sites is 2. The first-order chi connectivity index (χ1) is 34.0. The second-order valence-corrected chi connectivity index (χ2v) is 19.6. The van der Waals surface area contributed by atoms with Crippen LogP contribution >= 0.6 is 0 Å². The van der Waals surface area contributed by atoms with Crippen LogP contribution in [0.4, 0.5) is 26.3 Å². The number of fused-ring (bicyclic) bond motifs is 8. The average Bonchev–Trinajstić information content (AvgIpc) is 3.39. The van der Waals surface area contributed by atoms with Crippen molar-refractivity contribution in [2.45, 2.75) is 63.1 Å². The maximum absolute atomic E-state index is 15.7. The smallest absolute Gasteiger partial charge is 0.194 e. The van der Waals surface area contributed by atoms with E-state index < -0.39 is 47.1 Å². The number of hydrogen-bond donors (Lipinski definition) is 0. The summed E-state index contributed by atoms with van der Waals surface area (Å²) >= 11 is 0. The van der Waals surface area contributed by atoms with Crippen molar-refractivity contribution in [2.75, 3.05) is 39.4 Å². The number of halogens is 6. The summed E-state index contributed by atoms with van der Waals surface area (Å²) in [5.74, 6) is 5.68. The van der Waals surface area contributed by atoms with Gasteiger partial charge >= 0.3 is 0 Å². The Kier molecular flexibility index (Phi) is 13.4. The van der Waals surface area contributed by atoms with Crippen LogP contribution in [0.25, 0.3) is 21.8 Å². The van der Waals surface area contributed by atoms with Crippen LogP contribution in [0.2, 0.25) is 0 Å². The molecular formula is C58H54F6N4O2+2. The molecule has 8 heterocycles. The number of hydrogen-bond acceptors (Lipinski definition) is 4. The highest BCUT2D eigenvalue weighted by Crippen LogP contribution is 2.51. The van der Waals surface area contributed by atoms with Gasteiger partial charge in [0.05, 0.1) is 62.3 Å². The zero-order valence-corrected chi connectivity index (χ0v) is 38.8. The van der Waals surface area contributed by atoms with Crippen molar-refractivity contribution in [3.63, 3.8) is 0 Å². The first-order valence-corrected chi connectivity index (χ1v) is 24.1. The van der Waals surface area contributed by atoms with E-state index in [2.05, 4.69) is 46.8 Å². The van der Waals surface area contributed by atoms with Gasteiger partial charge in [-0.05, 0) is 83.3 Å². The summed E-state index contributed by atoms with van der Waals surface area (Å²) in [5.41, 5.74) is 3.70. The van der Waals surface area contributed by atoms with Crippen LogP contribution < -0.4 is 0 Å². The molecule has 6 saturated heterocycles. The van der Waals surface area contributed by atoms with Gasteiger partial charge in [0, 0.05) is 60.0 Å². The molecule has 0 radical (unpaired) electrons. The predicted molar refractivity (Wildman–Crippen MR) is 257 cm³/mol. The second kappa shape index (κ2) is 19.8. The number of nitrogens with zero attached hydrogens (tertiary/aromatic N) is 4. The van der Waals surface area contributed by atoms with Crippen LogP contribution in [-0.4, -0.2) is 70.4 Å². The molecule has 0 amide bonds. The molecule has 6 aliphatic rings. The molecule has 6 aromatic rings. The van der Waals surface area contributed by atoms with Gasteiger partial charge in [-0.25, -0.2) is 26.3 Å². The van der Waals surface area contributed by atoms with E-state index in [9.17, 15) is 17.6 Å². The highest BCUT2D eigenvalue weighted by atomic mass is 19.2. The highest BCUT2D eigenvalue weighted by Gasteiger charge is 2.57. The van der Waals surface area contributed by atoms with Crippen LogP contribution in [0.3, 0.4) is 0 Å². The van der Waals surface area contributed by atoms with Crippen molar-refractivity contribution in [3.05, 3.63) is 180 Å². The Balaban J connectivity index is 0.978. The third-order valence-corrected chi connectivity index (χ3v) is 15.9. The van der Waals surface area contributed by atoms with E-state index in [1.807, 2.05) is 60.7 Å². The van der Waals surface area contributed by atoms with E-state index in [0.29, 0.717) is 48.0 Å². The maximum Gasteiger partial charge on any atom is 0.194 e. The van der Waals surface area contributed by atoms with Gasteiger partial charge in [-0.1, -0.05) is 60.4 Å². The molecule has 0 unspecified atom stereocenters. The van der Waals surface area contributed by atoms with Gasteiger partial charge < -0.3 is 18.4 Å². The van der Waals surface area contributed by atoms with E-state index in [0.717, 1.165) is 57.9 Å². The van der Waals surface area contributed by atoms with E-state index in [4.69, 9.17) is 9.47 Å². The Hall–Kier alpha value is -6.28. The quantitative estimate of drug-likeness (QED) is 0.0359. The van der Waals surface area contributed by atoms with E-state index in [1.165, 1.54) is 12.1 Å². The van der Waals surface area contributed by atoms with Gasteiger partial charge in [-0.3, -0.25) is 9.97 Å². The van der Waals surface area contributed by atoms with Crippen molar-refractivity contribution in [1.29, 1.82) is 0 Å². The van der Waals surface area contributed by atoms with Crippen molar-refractivity contribution in [1.82, 2.24) is 9.97 Å². The molecule has 12 rings (SSSR count). The van der Waals surface area contributed by atoms with Crippen LogP contribution in [0.1, 0.15) is 60.1 Å². The SMILES string of the molecule is C=CCO[C@H](c1ccnc2ccccc12)[C@@H]1C[C@@H]2CC[N@@+]1(Cc1ccc(F)c(F)c1F)C[C@@H]2C#CC#C[C@H]1C[N@+]2(Cc3ccc(F)c(F)c3F)CC[C@H]1C[C@H]2[C@H](OCC=C)c1ccnc2ccccc12. The maximum atomic E-state index is 15.7. The topological polar surface area (TPSA) is 44.2 Å². The van der Waals surface area contributed by atoms with E-state index in [-0.39, 0.29) is 73.2 Å². The Morgan fingerprint density at radius 1 is 0.571 bits per heavy atom. The van der Waals surface area contributed by atoms with Crippen molar-refractivity contribution >= 4 is 21.8 Å². The molecule has 70 heavy (non-hydrogen) atoms. The summed E-state index contributed by atoms with van der Waals surface area (Å²) in [4.78, 5) is 9.19. The molecule has 6 nitrogen and oxygen atoms in total. The van der Waals surface area contributed by atoms with Gasteiger partial charge in [0.25, 0.3) is 0 Å². The number of benzene rings is 4. The Morgan fingerprint density at radius 2 is 1.00 bits per heavy atom. The number of pyridine rings is 2. The predicted octanol–water partition coefficient (Wildman–Crippen LogP) is 11.7. The summed E-state index contributed by atoms with van der Waals surface area (Å²) < 4.78 is 104. The fraction of sp³-hybridized carbons (Fsp3) is 0.345. The van der Waals surface area contributed by atoms with Crippen LogP contribution in [0, 0.1) is 82.3 Å². The van der Waals surface area contributed by atoms with Crippen LogP contribution in [-0.2, 0) is 22.6 Å². The summed E-state index contributed by atoms with van der Waals surface area (Å²) in [7, 11) is 0. The molecule has 4 aromatic carbocycles. The zero-order valence-electron chi connectivity index (χ0n) is 38.8. The largest absolute Gasteiger partial charge is 0.363 e. The molecule has 358 valence electrons. The second-order valence-electron chi connectivity index (χ2n) is 19.6. The minimum absolute atomic E-state index is 0.0908. The van der Waals surface area contributed by atoms with Crippen LogP contribution in [0.15, 0.2) is 123 Å². The number of rotatable bonds is 14. The molecule has 2 aromatic heterocycles. The highest BCUT2D eigenvalue weighted by molar-refractivity contribution is 5.83. The number of piperidine rings is 6. The summed E-state index contributed by atoms with van der Waals surface area (Å²) in [6.45, 7) is 10.9. The molecule has 10 atom stereocenters. The van der Waals surface area contributed by atoms with Gasteiger partial charge in [0.2, 0.25) is 0 Å². The van der Waals surface area contributed by atoms with E-state index in [1.54, 1.807) is 24.5 Å². The van der Waals surface area contributed by atoms with Gasteiger partial charge in [-0.2, -0.15) is 0 Å². The summed E-state index contributed by atoms with van der Waals surface area (Å²) in [6, 6.07) is 23.9. The molecule has 4 bridgehead atoms. The van der Waals surface area contributed by atoms with Gasteiger partial charge in [-0.15, -0.1) is 13.2 Å². The lowest BCUT2D eigenvalue weighted by atomic mass is 9.71. The summed E-state index contributed by atoms with van der Waals surface area (Å²) in [5, 5.41) is 1.88. The minimum atomic E-state index is -1.49. The van der Waals surface area contributed by atoms with E-state index >= 15 is 8.78 Å². The molecule has 0 saturated carbocycles. The molecule has 6 aliphatic heterocycles. The van der Waals surface area contributed by atoms with Gasteiger partial charge in [0.1, 0.15) is 37.4 Å². The lowest BCUT2D eigenvalue weighted by Gasteiger charge is -2.58. The lowest BCUT2D eigenvalue weighted by molar-refractivity contribution is -0.984. The molecular weight excluding hydrogens is 899 g/mol. The third kappa shape index (κ3) is 8.81. The normalized spacial score (nSPS) is 26.5. The van der Waals surface area contributed by atoms with Gasteiger partial charge in [0.15, 0.2) is 34.9 Å². The fourth-order valence-corrected chi connectivity index (χ4v) is 12.6. The number of aromatic nitrogens is 2. The first kappa shape index (κ1) is 47.4. The Labute approximate surface area is 404 Å².